The third-order valence-corrected chi connectivity index (χ3v) is 4.21. The van der Waals surface area contributed by atoms with Crippen molar-refractivity contribution in [2.75, 3.05) is 5.32 Å². The molecule has 0 saturated carbocycles. The SMILES string of the molecule is Fc1ccc2nc(NCc3ccc(Br)cc3)sc2c1. The van der Waals surface area contributed by atoms with Gasteiger partial charge in [0.05, 0.1) is 10.2 Å². The van der Waals surface area contributed by atoms with Crippen molar-refractivity contribution in [3.63, 3.8) is 0 Å². The van der Waals surface area contributed by atoms with Gasteiger partial charge >= 0.3 is 0 Å². The van der Waals surface area contributed by atoms with E-state index >= 15 is 0 Å². The molecule has 96 valence electrons. The van der Waals surface area contributed by atoms with Crippen LogP contribution in [0.25, 0.3) is 10.2 Å². The number of fused-ring (bicyclic) bond motifs is 1. The van der Waals surface area contributed by atoms with E-state index in [9.17, 15) is 4.39 Å². The number of hydrogen-bond donors (Lipinski definition) is 1. The molecule has 0 aliphatic heterocycles. The molecule has 1 N–H and O–H groups in total. The number of anilines is 1. The predicted octanol–water partition coefficient (Wildman–Crippen LogP) is 4.81. The van der Waals surface area contributed by atoms with Crippen LogP contribution in [-0.4, -0.2) is 4.98 Å². The van der Waals surface area contributed by atoms with E-state index < -0.39 is 0 Å². The van der Waals surface area contributed by atoms with Gasteiger partial charge in [-0.3, -0.25) is 0 Å². The van der Waals surface area contributed by atoms with Gasteiger partial charge in [0.2, 0.25) is 0 Å². The highest BCUT2D eigenvalue weighted by molar-refractivity contribution is 9.10. The second-order valence-corrected chi connectivity index (χ2v) is 6.06. The average Bonchev–Trinajstić information content (AvgIpc) is 2.80. The number of aromatic nitrogens is 1. The summed E-state index contributed by atoms with van der Waals surface area (Å²) in [4.78, 5) is 4.42. The van der Waals surface area contributed by atoms with Crippen molar-refractivity contribution in [2.24, 2.45) is 0 Å². The van der Waals surface area contributed by atoms with Gasteiger partial charge in [-0.15, -0.1) is 0 Å². The number of halogens is 2. The Morgan fingerprint density at radius 1 is 1.16 bits per heavy atom. The van der Waals surface area contributed by atoms with Crippen LogP contribution in [0.1, 0.15) is 5.56 Å². The molecule has 0 spiro atoms. The topological polar surface area (TPSA) is 24.9 Å². The van der Waals surface area contributed by atoms with E-state index in [1.807, 2.05) is 24.3 Å². The lowest BCUT2D eigenvalue weighted by molar-refractivity contribution is 0.630. The molecule has 0 aliphatic carbocycles. The quantitative estimate of drug-likeness (QED) is 0.742. The Bertz CT molecular complexity index is 709. The number of nitrogens with zero attached hydrogens (tertiary/aromatic N) is 1. The lowest BCUT2D eigenvalue weighted by Crippen LogP contribution is -1.98. The van der Waals surface area contributed by atoms with Crippen LogP contribution in [0.15, 0.2) is 46.9 Å². The van der Waals surface area contributed by atoms with Gasteiger partial charge in [-0.1, -0.05) is 39.4 Å². The predicted molar refractivity (Wildman–Crippen MR) is 81.0 cm³/mol. The first-order valence-corrected chi connectivity index (χ1v) is 7.36. The zero-order valence-electron chi connectivity index (χ0n) is 9.86. The first kappa shape index (κ1) is 12.6. The van der Waals surface area contributed by atoms with Gasteiger partial charge in [-0.2, -0.15) is 0 Å². The van der Waals surface area contributed by atoms with Gasteiger partial charge in [-0.05, 0) is 35.9 Å². The fourth-order valence-corrected chi connectivity index (χ4v) is 2.90. The smallest absolute Gasteiger partial charge is 0.184 e. The fraction of sp³-hybridized carbons (Fsp3) is 0.0714. The van der Waals surface area contributed by atoms with Crippen LogP contribution in [0.3, 0.4) is 0 Å². The fourth-order valence-electron chi connectivity index (χ4n) is 1.75. The summed E-state index contributed by atoms with van der Waals surface area (Å²) in [5.41, 5.74) is 2.00. The zero-order chi connectivity index (χ0) is 13.2. The standard InChI is InChI=1S/C14H10BrFN2S/c15-10-3-1-9(2-4-10)8-17-14-18-12-6-5-11(16)7-13(12)19-14/h1-7H,8H2,(H,17,18). The lowest BCUT2D eigenvalue weighted by atomic mass is 10.2. The summed E-state index contributed by atoms with van der Waals surface area (Å²) in [7, 11) is 0. The summed E-state index contributed by atoms with van der Waals surface area (Å²) in [6.45, 7) is 0.704. The van der Waals surface area contributed by atoms with E-state index in [1.165, 1.54) is 29.0 Å². The largest absolute Gasteiger partial charge is 0.357 e. The molecule has 0 aliphatic rings. The zero-order valence-corrected chi connectivity index (χ0v) is 12.3. The number of benzene rings is 2. The third-order valence-electron chi connectivity index (χ3n) is 2.71. The highest BCUT2D eigenvalue weighted by atomic mass is 79.9. The van der Waals surface area contributed by atoms with Crippen LogP contribution in [0.2, 0.25) is 0 Å². The van der Waals surface area contributed by atoms with Crippen LogP contribution in [0.4, 0.5) is 9.52 Å². The van der Waals surface area contributed by atoms with Crippen molar-refractivity contribution in [2.45, 2.75) is 6.54 Å². The van der Waals surface area contributed by atoms with Gasteiger partial charge in [0.25, 0.3) is 0 Å². The summed E-state index contributed by atoms with van der Waals surface area (Å²) in [5.74, 6) is -0.226. The molecule has 2 nitrogen and oxygen atoms in total. The van der Waals surface area contributed by atoms with Crippen LogP contribution in [-0.2, 0) is 6.54 Å². The maximum atomic E-state index is 13.1. The Morgan fingerprint density at radius 2 is 1.95 bits per heavy atom. The number of hydrogen-bond acceptors (Lipinski definition) is 3. The molecule has 0 amide bonds. The first-order chi connectivity index (χ1) is 9.20. The van der Waals surface area contributed by atoms with Crippen LogP contribution in [0.5, 0.6) is 0 Å². The molecule has 0 atom stereocenters. The molecule has 1 aromatic heterocycles. The molecular weight excluding hydrogens is 327 g/mol. The highest BCUT2D eigenvalue weighted by Crippen LogP contribution is 2.26. The molecule has 0 saturated heterocycles. The summed E-state index contributed by atoms with van der Waals surface area (Å²) in [6.07, 6.45) is 0. The third kappa shape index (κ3) is 2.93. The molecule has 0 bridgehead atoms. The molecule has 0 unspecified atom stereocenters. The number of rotatable bonds is 3. The van der Waals surface area contributed by atoms with Crippen LogP contribution in [0, 0.1) is 5.82 Å². The van der Waals surface area contributed by atoms with Crippen molar-refractivity contribution < 1.29 is 4.39 Å². The Kier molecular flexibility index (Phi) is 3.48. The van der Waals surface area contributed by atoms with Crippen LogP contribution >= 0.6 is 27.3 Å². The second-order valence-electron chi connectivity index (χ2n) is 4.11. The minimum atomic E-state index is -0.226. The lowest BCUT2D eigenvalue weighted by Gasteiger charge is -2.02. The van der Waals surface area contributed by atoms with Crippen molar-refractivity contribution in [1.29, 1.82) is 0 Å². The molecule has 1 heterocycles. The van der Waals surface area contributed by atoms with E-state index in [4.69, 9.17) is 0 Å². The van der Waals surface area contributed by atoms with E-state index in [1.54, 1.807) is 6.07 Å². The normalized spacial score (nSPS) is 10.8. The van der Waals surface area contributed by atoms with Gasteiger partial charge < -0.3 is 5.32 Å². The van der Waals surface area contributed by atoms with Gasteiger partial charge in [-0.25, -0.2) is 9.37 Å². The average molecular weight is 337 g/mol. The van der Waals surface area contributed by atoms with Gasteiger partial charge in [0.15, 0.2) is 5.13 Å². The molecule has 0 fully saturated rings. The van der Waals surface area contributed by atoms with Crippen molar-refractivity contribution in [1.82, 2.24) is 4.98 Å². The Morgan fingerprint density at radius 3 is 2.74 bits per heavy atom. The van der Waals surface area contributed by atoms with Crippen LogP contribution < -0.4 is 5.32 Å². The summed E-state index contributed by atoms with van der Waals surface area (Å²) in [6, 6.07) is 12.7. The highest BCUT2D eigenvalue weighted by Gasteiger charge is 2.04. The minimum Gasteiger partial charge on any atom is -0.357 e. The minimum absolute atomic E-state index is 0.226. The maximum absolute atomic E-state index is 13.1. The summed E-state index contributed by atoms with van der Waals surface area (Å²) < 4.78 is 15.0. The Balaban J connectivity index is 1.76. The Labute approximate surface area is 122 Å². The molecule has 2 aromatic carbocycles. The van der Waals surface area contributed by atoms with Gasteiger partial charge in [0, 0.05) is 11.0 Å². The molecule has 5 heteroatoms. The van der Waals surface area contributed by atoms with Crippen molar-refractivity contribution >= 4 is 42.6 Å². The molecular formula is C14H10BrFN2S. The van der Waals surface area contributed by atoms with E-state index in [2.05, 4.69) is 26.2 Å². The molecule has 3 aromatic rings. The maximum Gasteiger partial charge on any atom is 0.184 e. The number of nitrogens with one attached hydrogen (secondary N) is 1. The van der Waals surface area contributed by atoms with Crippen molar-refractivity contribution in [3.8, 4) is 0 Å². The summed E-state index contributed by atoms with van der Waals surface area (Å²) in [5, 5.41) is 4.07. The molecule has 0 radical (unpaired) electrons. The molecule has 3 rings (SSSR count). The summed E-state index contributed by atoms with van der Waals surface area (Å²) >= 11 is 4.87. The number of thiazole rings is 1. The van der Waals surface area contributed by atoms with E-state index in [-0.39, 0.29) is 5.82 Å². The van der Waals surface area contributed by atoms with E-state index in [0.29, 0.717) is 6.54 Å². The molecule has 19 heavy (non-hydrogen) atoms. The monoisotopic (exact) mass is 336 g/mol. The first-order valence-electron chi connectivity index (χ1n) is 5.75. The van der Waals surface area contributed by atoms with Gasteiger partial charge in [0.1, 0.15) is 5.82 Å². The van der Waals surface area contributed by atoms with E-state index in [0.717, 1.165) is 19.8 Å². The van der Waals surface area contributed by atoms with Crippen molar-refractivity contribution in [3.05, 3.63) is 58.3 Å². The second kappa shape index (κ2) is 5.27. The Hall–Kier alpha value is -1.46.